The van der Waals surface area contributed by atoms with E-state index in [0.29, 0.717) is 38.2 Å². The average Bonchev–Trinajstić information content (AvgIpc) is 3.14. The van der Waals surface area contributed by atoms with E-state index in [0.717, 1.165) is 18.7 Å². The molecule has 1 aromatic heterocycles. The van der Waals surface area contributed by atoms with Crippen LogP contribution < -0.4 is 4.74 Å². The Balaban J connectivity index is 1.43. The first kappa shape index (κ1) is 16.4. The van der Waals surface area contributed by atoms with Crippen LogP contribution in [0.1, 0.15) is 5.56 Å². The number of hydrogen-bond donors (Lipinski definition) is 0. The fourth-order valence-corrected chi connectivity index (χ4v) is 3.81. The number of ether oxygens (including phenoxy) is 2. The lowest BCUT2D eigenvalue weighted by molar-refractivity contribution is 0.0881. The highest BCUT2D eigenvalue weighted by Crippen LogP contribution is 2.42. The Labute approximate surface area is 145 Å². The van der Waals surface area contributed by atoms with Gasteiger partial charge in [0.25, 0.3) is 0 Å². The first-order chi connectivity index (χ1) is 12.1. The van der Waals surface area contributed by atoms with Crippen molar-refractivity contribution >= 4 is 0 Å². The number of hydrogen-bond acceptors (Lipinski definition) is 4. The van der Waals surface area contributed by atoms with Crippen LogP contribution in [0.5, 0.6) is 5.88 Å². The molecule has 0 bridgehead atoms. The number of fused-ring (bicyclic) bond motifs is 1. The van der Waals surface area contributed by atoms with E-state index in [1.165, 1.54) is 12.1 Å². The SMILES string of the molecule is Fc1ccc(CN2C[C@@H]3COC[C@]3(COc3ccccn3)C2)cc1F. The van der Waals surface area contributed by atoms with E-state index in [9.17, 15) is 8.78 Å². The Morgan fingerprint density at radius 2 is 2.16 bits per heavy atom. The molecule has 2 saturated heterocycles. The van der Waals surface area contributed by atoms with Crippen molar-refractivity contribution in [2.24, 2.45) is 11.3 Å². The lowest BCUT2D eigenvalue weighted by atomic mass is 9.82. The average molecular weight is 346 g/mol. The lowest BCUT2D eigenvalue weighted by Gasteiger charge is -2.27. The van der Waals surface area contributed by atoms with Crippen molar-refractivity contribution < 1.29 is 18.3 Å². The third-order valence-corrected chi connectivity index (χ3v) is 5.13. The van der Waals surface area contributed by atoms with Gasteiger partial charge in [-0.2, -0.15) is 0 Å². The van der Waals surface area contributed by atoms with E-state index in [-0.39, 0.29) is 5.41 Å². The molecule has 0 amide bonds. The molecule has 0 saturated carbocycles. The predicted molar refractivity (Wildman–Crippen MR) is 88.1 cm³/mol. The molecule has 2 aromatic rings. The summed E-state index contributed by atoms with van der Waals surface area (Å²) in [5.41, 5.74) is 0.705. The van der Waals surface area contributed by atoms with Crippen molar-refractivity contribution in [2.45, 2.75) is 6.54 Å². The number of rotatable bonds is 5. The largest absolute Gasteiger partial charge is 0.477 e. The molecule has 1 aromatic carbocycles. The summed E-state index contributed by atoms with van der Waals surface area (Å²) >= 11 is 0. The maximum absolute atomic E-state index is 13.4. The molecule has 2 atom stereocenters. The molecule has 2 aliphatic heterocycles. The number of pyridine rings is 1. The molecule has 0 radical (unpaired) electrons. The molecule has 2 aliphatic rings. The molecule has 3 heterocycles. The minimum absolute atomic E-state index is 0.0733. The third-order valence-electron chi connectivity index (χ3n) is 5.13. The second kappa shape index (κ2) is 6.69. The van der Waals surface area contributed by atoms with Gasteiger partial charge in [-0.15, -0.1) is 0 Å². The number of benzene rings is 1. The van der Waals surface area contributed by atoms with Crippen molar-refractivity contribution in [3.05, 3.63) is 59.8 Å². The first-order valence-corrected chi connectivity index (χ1v) is 8.42. The van der Waals surface area contributed by atoms with Crippen LogP contribution in [-0.2, 0) is 11.3 Å². The van der Waals surface area contributed by atoms with E-state index in [4.69, 9.17) is 9.47 Å². The number of halogens is 2. The fourth-order valence-electron chi connectivity index (χ4n) is 3.81. The lowest BCUT2D eigenvalue weighted by Crippen LogP contribution is -2.37. The monoisotopic (exact) mass is 346 g/mol. The number of likely N-dealkylation sites (tertiary alicyclic amines) is 1. The van der Waals surface area contributed by atoms with E-state index >= 15 is 0 Å². The van der Waals surface area contributed by atoms with E-state index in [1.54, 1.807) is 12.3 Å². The topological polar surface area (TPSA) is 34.6 Å². The van der Waals surface area contributed by atoms with Crippen molar-refractivity contribution in [3.63, 3.8) is 0 Å². The van der Waals surface area contributed by atoms with Crippen LogP contribution in [0.4, 0.5) is 8.78 Å². The Kier molecular flexibility index (Phi) is 4.39. The summed E-state index contributed by atoms with van der Waals surface area (Å²) in [5.74, 6) is -0.618. The molecular formula is C19H20F2N2O2. The Morgan fingerprint density at radius 3 is 2.96 bits per heavy atom. The van der Waals surface area contributed by atoms with Gasteiger partial charge in [-0.1, -0.05) is 12.1 Å². The maximum Gasteiger partial charge on any atom is 0.213 e. The summed E-state index contributed by atoms with van der Waals surface area (Å²) in [6.07, 6.45) is 1.71. The standard InChI is InChI=1S/C19H20F2N2O2/c20-16-5-4-14(7-17(16)21)8-23-9-15-10-24-12-19(15,11-23)13-25-18-3-1-2-6-22-18/h1-7,15H,8-13H2/t15-,19+/m1/s1. The molecule has 0 aliphatic carbocycles. The molecule has 25 heavy (non-hydrogen) atoms. The zero-order chi connectivity index (χ0) is 17.3. The molecule has 2 fully saturated rings. The summed E-state index contributed by atoms with van der Waals surface area (Å²) < 4.78 is 38.1. The third kappa shape index (κ3) is 3.37. The summed E-state index contributed by atoms with van der Waals surface area (Å²) in [4.78, 5) is 6.47. The smallest absolute Gasteiger partial charge is 0.213 e. The van der Waals surface area contributed by atoms with Crippen LogP contribution in [0.25, 0.3) is 0 Å². The van der Waals surface area contributed by atoms with Gasteiger partial charge in [-0.25, -0.2) is 13.8 Å². The number of aromatic nitrogens is 1. The highest BCUT2D eigenvalue weighted by Gasteiger charge is 2.51. The van der Waals surface area contributed by atoms with Crippen molar-refractivity contribution in [1.82, 2.24) is 9.88 Å². The van der Waals surface area contributed by atoms with Crippen LogP contribution in [0.2, 0.25) is 0 Å². The summed E-state index contributed by atoms with van der Waals surface area (Å²) in [7, 11) is 0. The van der Waals surface area contributed by atoms with Crippen LogP contribution in [-0.4, -0.2) is 42.8 Å². The summed E-state index contributed by atoms with van der Waals surface area (Å²) in [6, 6.07) is 9.69. The second-order valence-corrected chi connectivity index (χ2v) is 6.95. The quantitative estimate of drug-likeness (QED) is 0.834. The summed E-state index contributed by atoms with van der Waals surface area (Å²) in [5, 5.41) is 0. The molecule has 132 valence electrons. The van der Waals surface area contributed by atoms with Gasteiger partial charge in [0, 0.05) is 43.2 Å². The van der Waals surface area contributed by atoms with Crippen LogP contribution in [0.3, 0.4) is 0 Å². The van der Waals surface area contributed by atoms with Gasteiger partial charge < -0.3 is 9.47 Å². The number of nitrogens with zero attached hydrogens (tertiary/aromatic N) is 2. The Morgan fingerprint density at radius 1 is 1.24 bits per heavy atom. The molecule has 4 rings (SSSR count). The van der Waals surface area contributed by atoms with Gasteiger partial charge in [0.15, 0.2) is 11.6 Å². The molecule has 0 N–H and O–H groups in total. The van der Waals surface area contributed by atoms with Gasteiger partial charge in [0.1, 0.15) is 0 Å². The zero-order valence-corrected chi connectivity index (χ0v) is 13.8. The van der Waals surface area contributed by atoms with Crippen LogP contribution in [0.15, 0.2) is 42.6 Å². The van der Waals surface area contributed by atoms with Gasteiger partial charge >= 0.3 is 0 Å². The zero-order valence-electron chi connectivity index (χ0n) is 13.8. The minimum atomic E-state index is -0.810. The first-order valence-electron chi connectivity index (χ1n) is 8.42. The fraction of sp³-hybridized carbons (Fsp3) is 0.421. The predicted octanol–water partition coefficient (Wildman–Crippen LogP) is 2.89. The van der Waals surface area contributed by atoms with Gasteiger partial charge in [-0.05, 0) is 23.8 Å². The van der Waals surface area contributed by atoms with Crippen LogP contribution >= 0.6 is 0 Å². The second-order valence-electron chi connectivity index (χ2n) is 6.95. The molecule has 0 unspecified atom stereocenters. The molecule has 4 nitrogen and oxygen atoms in total. The van der Waals surface area contributed by atoms with Crippen molar-refractivity contribution in [1.29, 1.82) is 0 Å². The minimum Gasteiger partial charge on any atom is -0.477 e. The Bertz CT molecular complexity index is 743. The van der Waals surface area contributed by atoms with E-state index in [1.807, 2.05) is 18.2 Å². The highest BCUT2D eigenvalue weighted by atomic mass is 19.2. The molecule has 6 heteroatoms. The van der Waals surface area contributed by atoms with E-state index < -0.39 is 11.6 Å². The molecule has 0 spiro atoms. The normalized spacial score (nSPS) is 25.9. The van der Waals surface area contributed by atoms with Gasteiger partial charge in [-0.3, -0.25) is 4.90 Å². The Hall–Kier alpha value is -2.05. The van der Waals surface area contributed by atoms with Gasteiger partial charge in [0.2, 0.25) is 5.88 Å². The maximum atomic E-state index is 13.4. The summed E-state index contributed by atoms with van der Waals surface area (Å²) in [6.45, 7) is 4.18. The highest BCUT2D eigenvalue weighted by molar-refractivity contribution is 5.18. The van der Waals surface area contributed by atoms with Gasteiger partial charge in [0.05, 0.1) is 19.8 Å². The molecular weight excluding hydrogens is 326 g/mol. The van der Waals surface area contributed by atoms with Crippen LogP contribution in [0, 0.1) is 23.0 Å². The van der Waals surface area contributed by atoms with Crippen molar-refractivity contribution in [3.8, 4) is 5.88 Å². The van der Waals surface area contributed by atoms with Crippen molar-refractivity contribution in [2.75, 3.05) is 32.9 Å². The van der Waals surface area contributed by atoms with E-state index in [2.05, 4.69) is 9.88 Å².